The minimum absolute atomic E-state index is 0.0287. The van der Waals surface area contributed by atoms with Gasteiger partial charge in [-0.1, -0.05) is 49.5 Å². The lowest BCUT2D eigenvalue weighted by molar-refractivity contribution is 0.102. The largest absolute Gasteiger partial charge is 0.494 e. The van der Waals surface area contributed by atoms with Crippen molar-refractivity contribution in [3.8, 4) is 28.7 Å². The molecule has 1 saturated carbocycles. The maximum absolute atomic E-state index is 13.5. The van der Waals surface area contributed by atoms with Crippen molar-refractivity contribution in [3.05, 3.63) is 58.4 Å². The normalized spacial score (nSPS) is 14.6. The summed E-state index contributed by atoms with van der Waals surface area (Å²) in [4.78, 5) is 22.2. The molecule has 0 spiro atoms. The third-order valence-electron chi connectivity index (χ3n) is 6.24. The van der Waals surface area contributed by atoms with E-state index >= 15 is 0 Å². The monoisotopic (exact) mass is 525 g/mol. The molecule has 2 heterocycles. The molecule has 194 valence electrons. The number of pyridine rings is 1. The summed E-state index contributed by atoms with van der Waals surface area (Å²) >= 11 is 1.27. The number of aliphatic hydroxyl groups excluding tert-OH is 1. The number of rotatable bonds is 9. The number of aromatic nitrogens is 2. The Morgan fingerprint density at radius 3 is 2.70 bits per heavy atom. The standard InChI is InChI=1S/C28H29F2N3O3S/c1-4-5-16(2)25(34)18-9-11-20(21(12-18)22-13-23(26(29)30)31-15-24(22)36-3)27(35)33-28-32-14-19(37-28)10-8-17-6-7-17/h9,11-17,25-26,34H,4-7H2,1-3H3,(H,32,33,35). The fourth-order valence-corrected chi connectivity index (χ4v) is 4.69. The summed E-state index contributed by atoms with van der Waals surface area (Å²) in [6.07, 6.45) is 3.19. The number of hydrogen-bond acceptors (Lipinski definition) is 6. The number of benzene rings is 1. The van der Waals surface area contributed by atoms with Crippen molar-refractivity contribution in [2.24, 2.45) is 11.8 Å². The molecule has 1 aliphatic rings. The van der Waals surface area contributed by atoms with Gasteiger partial charge >= 0.3 is 0 Å². The Labute approximate surface area is 219 Å². The molecule has 2 aromatic heterocycles. The molecule has 1 fully saturated rings. The van der Waals surface area contributed by atoms with E-state index in [1.807, 2.05) is 13.8 Å². The average molecular weight is 526 g/mol. The van der Waals surface area contributed by atoms with Crippen LogP contribution in [-0.4, -0.2) is 28.1 Å². The Morgan fingerprint density at radius 1 is 1.24 bits per heavy atom. The van der Waals surface area contributed by atoms with Gasteiger partial charge in [0.05, 0.1) is 30.5 Å². The summed E-state index contributed by atoms with van der Waals surface area (Å²) in [5.74, 6) is 6.44. The molecule has 6 nitrogen and oxygen atoms in total. The lowest BCUT2D eigenvalue weighted by Crippen LogP contribution is -2.15. The van der Waals surface area contributed by atoms with E-state index in [-0.39, 0.29) is 22.8 Å². The van der Waals surface area contributed by atoms with Crippen LogP contribution in [-0.2, 0) is 0 Å². The first-order valence-electron chi connectivity index (χ1n) is 12.2. The fourth-order valence-electron chi connectivity index (χ4n) is 4.01. The van der Waals surface area contributed by atoms with Gasteiger partial charge in [0.1, 0.15) is 11.4 Å². The quantitative estimate of drug-likeness (QED) is 0.306. The highest BCUT2D eigenvalue weighted by atomic mass is 32.1. The SMILES string of the molecule is CCCC(C)C(O)c1ccc(C(=O)Nc2ncc(C#CC3CC3)s2)c(-c2cc(C(F)F)ncc2OC)c1. The third-order valence-corrected chi connectivity index (χ3v) is 7.07. The molecule has 37 heavy (non-hydrogen) atoms. The Kier molecular flexibility index (Phi) is 8.52. The number of nitrogens with one attached hydrogen (secondary N) is 1. The predicted octanol–water partition coefficient (Wildman–Crippen LogP) is 6.63. The molecule has 9 heteroatoms. The smallest absolute Gasteiger partial charge is 0.280 e. The summed E-state index contributed by atoms with van der Waals surface area (Å²) in [6.45, 7) is 3.99. The summed E-state index contributed by atoms with van der Waals surface area (Å²) in [6, 6.07) is 6.15. The second-order valence-electron chi connectivity index (χ2n) is 9.15. The number of nitrogens with zero attached hydrogens (tertiary/aromatic N) is 2. The van der Waals surface area contributed by atoms with E-state index in [9.17, 15) is 18.7 Å². The number of aliphatic hydroxyl groups is 1. The van der Waals surface area contributed by atoms with Crippen molar-refractivity contribution in [1.29, 1.82) is 0 Å². The van der Waals surface area contributed by atoms with Gasteiger partial charge < -0.3 is 9.84 Å². The van der Waals surface area contributed by atoms with E-state index in [2.05, 4.69) is 27.1 Å². The van der Waals surface area contributed by atoms with E-state index < -0.39 is 24.1 Å². The van der Waals surface area contributed by atoms with Crippen LogP contribution in [0.5, 0.6) is 5.75 Å². The number of anilines is 1. The molecule has 2 N–H and O–H groups in total. The van der Waals surface area contributed by atoms with E-state index in [0.717, 1.165) is 30.6 Å². The maximum Gasteiger partial charge on any atom is 0.280 e. The lowest BCUT2D eigenvalue weighted by Gasteiger charge is -2.21. The van der Waals surface area contributed by atoms with Crippen LogP contribution in [0.1, 0.15) is 78.6 Å². The molecule has 3 aromatic rings. The third kappa shape index (κ3) is 6.51. The van der Waals surface area contributed by atoms with Gasteiger partial charge in [-0.25, -0.2) is 13.8 Å². The average Bonchev–Trinajstić information content (AvgIpc) is 3.63. The van der Waals surface area contributed by atoms with Crippen molar-refractivity contribution in [2.45, 2.75) is 52.1 Å². The molecule has 0 aliphatic heterocycles. The zero-order valence-corrected chi connectivity index (χ0v) is 21.7. The molecule has 1 amide bonds. The summed E-state index contributed by atoms with van der Waals surface area (Å²) in [7, 11) is 1.41. The van der Waals surface area contributed by atoms with Gasteiger partial charge in [-0.05, 0) is 54.5 Å². The molecule has 2 unspecified atom stereocenters. The van der Waals surface area contributed by atoms with Crippen LogP contribution in [0.15, 0.2) is 36.7 Å². The summed E-state index contributed by atoms with van der Waals surface area (Å²) in [5.41, 5.74) is 1.00. The maximum atomic E-state index is 13.5. The zero-order valence-electron chi connectivity index (χ0n) is 20.9. The lowest BCUT2D eigenvalue weighted by atomic mass is 9.89. The molecule has 2 atom stereocenters. The van der Waals surface area contributed by atoms with E-state index in [0.29, 0.717) is 22.2 Å². The topological polar surface area (TPSA) is 84.3 Å². The van der Waals surface area contributed by atoms with Gasteiger partial charge in [0.25, 0.3) is 12.3 Å². The fraction of sp³-hybridized carbons (Fsp3) is 0.393. The van der Waals surface area contributed by atoms with Crippen molar-refractivity contribution >= 4 is 22.4 Å². The van der Waals surface area contributed by atoms with Crippen LogP contribution in [0.2, 0.25) is 0 Å². The van der Waals surface area contributed by atoms with Crippen LogP contribution < -0.4 is 10.1 Å². The van der Waals surface area contributed by atoms with E-state index in [1.165, 1.54) is 30.7 Å². The van der Waals surface area contributed by atoms with Crippen molar-refractivity contribution in [3.63, 3.8) is 0 Å². The zero-order chi connectivity index (χ0) is 26.5. The molecule has 4 rings (SSSR count). The highest BCUT2D eigenvalue weighted by molar-refractivity contribution is 7.16. The number of methoxy groups -OCH3 is 1. The number of amides is 1. The van der Waals surface area contributed by atoms with E-state index in [4.69, 9.17) is 4.74 Å². The first kappa shape index (κ1) is 26.7. The second-order valence-corrected chi connectivity index (χ2v) is 10.2. The Morgan fingerprint density at radius 2 is 2.03 bits per heavy atom. The van der Waals surface area contributed by atoms with E-state index in [1.54, 1.807) is 24.4 Å². The van der Waals surface area contributed by atoms with Gasteiger partial charge in [0.2, 0.25) is 0 Å². The summed E-state index contributed by atoms with van der Waals surface area (Å²) in [5, 5.41) is 14.1. The highest BCUT2D eigenvalue weighted by Gasteiger charge is 2.24. The van der Waals surface area contributed by atoms with Gasteiger partial charge in [-0.15, -0.1) is 0 Å². The van der Waals surface area contributed by atoms with Gasteiger partial charge in [0.15, 0.2) is 5.13 Å². The van der Waals surface area contributed by atoms with Gasteiger partial charge in [-0.2, -0.15) is 0 Å². The molecule has 0 radical (unpaired) electrons. The van der Waals surface area contributed by atoms with Gasteiger partial charge in [0, 0.05) is 17.0 Å². The van der Waals surface area contributed by atoms with Crippen LogP contribution in [0.3, 0.4) is 0 Å². The van der Waals surface area contributed by atoms with Crippen LogP contribution in [0.25, 0.3) is 11.1 Å². The molecular formula is C28H29F2N3O3S. The number of halogens is 2. The first-order valence-corrected chi connectivity index (χ1v) is 13.1. The number of alkyl halides is 2. The molecule has 0 saturated heterocycles. The number of hydrogen-bond donors (Lipinski definition) is 2. The van der Waals surface area contributed by atoms with Crippen molar-refractivity contribution in [1.82, 2.24) is 9.97 Å². The number of thiazole rings is 1. The predicted molar refractivity (Wildman–Crippen MR) is 140 cm³/mol. The van der Waals surface area contributed by atoms with Crippen LogP contribution >= 0.6 is 11.3 Å². The minimum atomic E-state index is -2.80. The Bertz CT molecular complexity index is 1330. The summed E-state index contributed by atoms with van der Waals surface area (Å²) < 4.78 is 32.4. The Balaban J connectivity index is 1.73. The van der Waals surface area contributed by atoms with Crippen molar-refractivity contribution in [2.75, 3.05) is 12.4 Å². The number of carbonyl (C=O) groups is 1. The van der Waals surface area contributed by atoms with Gasteiger partial charge in [-0.3, -0.25) is 15.1 Å². The molecule has 0 bridgehead atoms. The highest BCUT2D eigenvalue weighted by Crippen LogP contribution is 2.37. The van der Waals surface area contributed by atoms with Crippen LogP contribution in [0, 0.1) is 23.7 Å². The molecular weight excluding hydrogens is 496 g/mol. The number of ether oxygens (including phenoxy) is 1. The van der Waals surface area contributed by atoms with Crippen LogP contribution in [0.4, 0.5) is 13.9 Å². The van der Waals surface area contributed by atoms with Crippen molar-refractivity contribution < 1.29 is 23.4 Å². The first-order chi connectivity index (χ1) is 17.8. The molecule has 1 aromatic carbocycles. The number of carbonyl (C=O) groups excluding carboxylic acids is 1. The second kappa shape index (κ2) is 11.8. The molecule has 1 aliphatic carbocycles. The Hall–Kier alpha value is -3.35. The minimum Gasteiger partial charge on any atom is -0.494 e.